The summed E-state index contributed by atoms with van der Waals surface area (Å²) in [4.78, 5) is 0. The summed E-state index contributed by atoms with van der Waals surface area (Å²) in [5.74, 6) is 1.07. The highest BCUT2D eigenvalue weighted by Gasteiger charge is 2.26. The summed E-state index contributed by atoms with van der Waals surface area (Å²) in [5, 5.41) is 10.9. The van der Waals surface area contributed by atoms with Crippen LogP contribution < -0.4 is 4.74 Å². The Morgan fingerprint density at radius 1 is 1.33 bits per heavy atom. The van der Waals surface area contributed by atoms with Crippen molar-refractivity contribution >= 4 is 17.5 Å². The highest BCUT2D eigenvalue weighted by molar-refractivity contribution is 7.79. The van der Waals surface area contributed by atoms with Crippen molar-refractivity contribution in [1.82, 2.24) is 0 Å². The van der Waals surface area contributed by atoms with Gasteiger partial charge in [-0.05, 0) is 56.7 Å². The standard InChI is InChI=1S/C22H30O4S/c1-3-4-5-8-16-11-19(23)21(17-9-6-7-15(2)10-17)20(12-16)26-22(27)25-14-18-13-24-18/h10-12,17-18,23H,3-9,13-14H2,1-2H3. The van der Waals surface area contributed by atoms with E-state index in [1.165, 1.54) is 18.4 Å². The van der Waals surface area contributed by atoms with Crippen LogP contribution in [-0.2, 0) is 15.9 Å². The lowest BCUT2D eigenvalue weighted by Gasteiger charge is -2.24. The van der Waals surface area contributed by atoms with Crippen LogP contribution in [0.1, 0.15) is 69.4 Å². The van der Waals surface area contributed by atoms with Gasteiger partial charge in [0.1, 0.15) is 24.2 Å². The number of thiocarbonyl (C=S) groups is 1. The molecule has 148 valence electrons. The van der Waals surface area contributed by atoms with E-state index in [-0.39, 0.29) is 17.3 Å². The lowest BCUT2D eigenvalue weighted by molar-refractivity contribution is 0.215. The molecule has 1 aromatic carbocycles. The fourth-order valence-electron chi connectivity index (χ4n) is 3.63. The molecule has 0 aromatic heterocycles. The molecule has 1 aromatic rings. The zero-order chi connectivity index (χ0) is 19.2. The number of phenolic OH excluding ortho intramolecular Hbond substituents is 1. The molecule has 0 radical (unpaired) electrons. The second kappa shape index (κ2) is 9.56. The number of hydrogen-bond donors (Lipinski definition) is 1. The van der Waals surface area contributed by atoms with Gasteiger partial charge in [0.25, 0.3) is 0 Å². The van der Waals surface area contributed by atoms with Gasteiger partial charge in [-0.15, -0.1) is 0 Å². The van der Waals surface area contributed by atoms with E-state index in [2.05, 4.69) is 19.9 Å². The van der Waals surface area contributed by atoms with E-state index in [4.69, 9.17) is 26.4 Å². The van der Waals surface area contributed by atoms with Gasteiger partial charge >= 0.3 is 5.24 Å². The first-order valence-corrected chi connectivity index (χ1v) is 10.5. The first-order chi connectivity index (χ1) is 13.1. The van der Waals surface area contributed by atoms with Crippen molar-refractivity contribution in [2.75, 3.05) is 13.2 Å². The van der Waals surface area contributed by atoms with E-state index in [1.807, 2.05) is 12.1 Å². The maximum atomic E-state index is 10.8. The van der Waals surface area contributed by atoms with Crippen LogP contribution in [0.25, 0.3) is 0 Å². The molecule has 1 saturated heterocycles. The van der Waals surface area contributed by atoms with Crippen LogP contribution in [-0.4, -0.2) is 29.7 Å². The number of rotatable bonds is 8. The van der Waals surface area contributed by atoms with Crippen molar-refractivity contribution in [3.05, 3.63) is 34.9 Å². The third kappa shape index (κ3) is 5.94. The highest BCUT2D eigenvalue weighted by Crippen LogP contribution is 2.42. The van der Waals surface area contributed by atoms with Crippen molar-refractivity contribution in [3.8, 4) is 11.5 Å². The molecule has 2 atom stereocenters. The van der Waals surface area contributed by atoms with Crippen LogP contribution >= 0.6 is 12.2 Å². The van der Waals surface area contributed by atoms with Crippen LogP contribution in [0.5, 0.6) is 11.5 Å². The Morgan fingerprint density at radius 3 is 2.85 bits per heavy atom. The van der Waals surface area contributed by atoms with E-state index >= 15 is 0 Å². The molecule has 3 rings (SSSR count). The summed E-state index contributed by atoms with van der Waals surface area (Å²) in [5.41, 5.74) is 3.25. The van der Waals surface area contributed by atoms with Gasteiger partial charge in [-0.25, -0.2) is 0 Å². The zero-order valence-electron chi connectivity index (χ0n) is 16.3. The molecule has 1 N–H and O–H groups in total. The van der Waals surface area contributed by atoms with Crippen LogP contribution in [0.4, 0.5) is 0 Å². The van der Waals surface area contributed by atoms with Gasteiger partial charge in [0.2, 0.25) is 0 Å². The number of allylic oxidation sites excluding steroid dienone is 2. The number of aromatic hydroxyl groups is 1. The van der Waals surface area contributed by atoms with Crippen LogP contribution in [0, 0.1) is 0 Å². The van der Waals surface area contributed by atoms with E-state index in [0.717, 1.165) is 43.2 Å². The molecule has 1 aliphatic carbocycles. The van der Waals surface area contributed by atoms with Gasteiger partial charge < -0.3 is 19.3 Å². The summed E-state index contributed by atoms with van der Waals surface area (Å²) in [6.45, 7) is 5.46. The highest BCUT2D eigenvalue weighted by atomic mass is 32.1. The topological polar surface area (TPSA) is 51.2 Å². The van der Waals surface area contributed by atoms with E-state index in [0.29, 0.717) is 24.7 Å². The lowest BCUT2D eigenvalue weighted by atomic mass is 9.84. The smallest absolute Gasteiger partial charge is 0.357 e. The van der Waals surface area contributed by atoms with Gasteiger partial charge in [0.05, 0.1) is 6.61 Å². The first-order valence-electron chi connectivity index (χ1n) is 10.1. The predicted octanol–water partition coefficient (Wildman–Crippen LogP) is 5.42. The summed E-state index contributed by atoms with van der Waals surface area (Å²) in [6.07, 6.45) is 9.95. The molecule has 0 saturated carbocycles. The van der Waals surface area contributed by atoms with Crippen molar-refractivity contribution < 1.29 is 19.3 Å². The van der Waals surface area contributed by atoms with Gasteiger partial charge in [0.15, 0.2) is 0 Å². The fourth-order valence-corrected chi connectivity index (χ4v) is 3.79. The van der Waals surface area contributed by atoms with E-state index in [1.54, 1.807) is 0 Å². The van der Waals surface area contributed by atoms with Crippen LogP contribution in [0.2, 0.25) is 0 Å². The van der Waals surface area contributed by atoms with Crippen molar-refractivity contribution in [2.45, 2.75) is 70.8 Å². The number of aryl methyl sites for hydroxylation is 1. The molecule has 1 heterocycles. The molecule has 1 aliphatic heterocycles. The normalized spacial score (nSPS) is 21.5. The molecule has 2 unspecified atom stereocenters. The molecule has 2 aliphatic rings. The molecule has 4 nitrogen and oxygen atoms in total. The predicted molar refractivity (Wildman–Crippen MR) is 111 cm³/mol. The average Bonchev–Trinajstić information content (AvgIpc) is 3.44. The lowest BCUT2D eigenvalue weighted by Crippen LogP contribution is -2.16. The monoisotopic (exact) mass is 390 g/mol. The van der Waals surface area contributed by atoms with Crippen LogP contribution in [0.15, 0.2) is 23.8 Å². The maximum Gasteiger partial charge on any atom is 0.357 e. The minimum Gasteiger partial charge on any atom is -0.507 e. The third-order valence-electron chi connectivity index (χ3n) is 5.17. The Balaban J connectivity index is 1.82. The molecule has 0 bridgehead atoms. The summed E-state index contributed by atoms with van der Waals surface area (Å²) in [6, 6.07) is 3.91. The number of hydrogen-bond acceptors (Lipinski definition) is 5. The minimum absolute atomic E-state index is 0.0911. The Morgan fingerprint density at radius 2 is 2.15 bits per heavy atom. The van der Waals surface area contributed by atoms with Crippen molar-refractivity contribution in [2.24, 2.45) is 0 Å². The summed E-state index contributed by atoms with van der Waals surface area (Å²) in [7, 11) is 0. The van der Waals surface area contributed by atoms with E-state index < -0.39 is 0 Å². The minimum atomic E-state index is 0.0911. The number of unbranched alkanes of at least 4 members (excludes halogenated alkanes) is 2. The molecular weight excluding hydrogens is 360 g/mol. The molecule has 5 heteroatoms. The van der Waals surface area contributed by atoms with Crippen LogP contribution in [0.3, 0.4) is 0 Å². The molecule has 1 fully saturated rings. The SMILES string of the molecule is CCCCCc1cc(O)c(C2C=C(C)CCC2)c(OC(=S)OCC2CO2)c1. The molecule has 0 amide bonds. The van der Waals surface area contributed by atoms with Gasteiger partial charge in [-0.1, -0.05) is 31.4 Å². The quantitative estimate of drug-likeness (QED) is 0.278. The third-order valence-corrected chi connectivity index (χ3v) is 5.38. The average molecular weight is 391 g/mol. The van der Waals surface area contributed by atoms with E-state index in [9.17, 15) is 5.11 Å². The first kappa shape index (κ1) is 20.2. The Labute approximate surface area is 167 Å². The second-order valence-corrected chi connectivity index (χ2v) is 7.95. The number of epoxide rings is 1. The maximum absolute atomic E-state index is 10.8. The fraction of sp³-hybridized carbons (Fsp3) is 0.591. The summed E-state index contributed by atoms with van der Waals surface area (Å²) >= 11 is 5.26. The van der Waals surface area contributed by atoms with Gasteiger partial charge in [-0.3, -0.25) is 0 Å². The number of phenols is 1. The Bertz CT molecular complexity index is 694. The molecule has 27 heavy (non-hydrogen) atoms. The largest absolute Gasteiger partial charge is 0.507 e. The molecular formula is C22H30O4S. The number of benzene rings is 1. The number of ether oxygens (including phenoxy) is 3. The van der Waals surface area contributed by atoms with Crippen molar-refractivity contribution in [3.63, 3.8) is 0 Å². The molecule has 0 spiro atoms. The van der Waals surface area contributed by atoms with Gasteiger partial charge in [-0.2, -0.15) is 0 Å². The second-order valence-electron chi connectivity index (χ2n) is 7.61. The van der Waals surface area contributed by atoms with Gasteiger partial charge in [0, 0.05) is 23.7 Å². The Kier molecular flexibility index (Phi) is 7.13. The zero-order valence-corrected chi connectivity index (χ0v) is 17.1. The Hall–Kier alpha value is -1.59. The summed E-state index contributed by atoms with van der Waals surface area (Å²) < 4.78 is 16.5. The van der Waals surface area contributed by atoms with Crippen molar-refractivity contribution in [1.29, 1.82) is 0 Å².